The van der Waals surface area contributed by atoms with Crippen molar-refractivity contribution < 1.29 is 8.42 Å². The largest absolute Gasteiger partial charge is 0.314 e. The smallest absolute Gasteiger partial charge is 0.153 e. The summed E-state index contributed by atoms with van der Waals surface area (Å²) >= 11 is 0. The lowest BCUT2D eigenvalue weighted by Crippen LogP contribution is -2.46. The zero-order chi connectivity index (χ0) is 11.9. The molecular weight excluding hydrogens is 240 g/mol. The molecule has 2 heterocycles. The quantitative estimate of drug-likeness (QED) is 0.792. The molecule has 1 aromatic rings. The van der Waals surface area contributed by atoms with Crippen LogP contribution < -0.4 is 5.32 Å². The number of nitrogens with one attached hydrogen (secondary N) is 1. The molecule has 0 aromatic carbocycles. The van der Waals surface area contributed by atoms with Gasteiger partial charge in [0.05, 0.1) is 11.5 Å². The van der Waals surface area contributed by atoms with Crippen molar-refractivity contribution in [2.75, 3.05) is 18.1 Å². The molecule has 0 bridgehead atoms. The molecule has 94 valence electrons. The van der Waals surface area contributed by atoms with Gasteiger partial charge in [-0.1, -0.05) is 0 Å². The second-order valence-corrected chi connectivity index (χ2v) is 7.08. The highest BCUT2D eigenvalue weighted by molar-refractivity contribution is 7.91. The minimum absolute atomic E-state index is 0.0181. The molecule has 7 heteroatoms. The molecule has 1 atom stereocenters. The third-order valence-corrected chi connectivity index (χ3v) is 5.05. The Balaban J connectivity index is 1.71. The number of aromatic nitrogens is 3. The van der Waals surface area contributed by atoms with Crippen molar-refractivity contribution in [3.63, 3.8) is 0 Å². The van der Waals surface area contributed by atoms with Crippen LogP contribution in [-0.2, 0) is 16.3 Å². The first-order chi connectivity index (χ1) is 8.14. The molecule has 1 aliphatic heterocycles. The van der Waals surface area contributed by atoms with Gasteiger partial charge in [-0.2, -0.15) is 0 Å². The number of sulfone groups is 1. The summed E-state index contributed by atoms with van der Waals surface area (Å²) in [5.41, 5.74) is 0. The van der Waals surface area contributed by atoms with Crippen LogP contribution >= 0.6 is 0 Å². The average molecular weight is 256 g/mol. The Hall–Kier alpha value is -0.950. The van der Waals surface area contributed by atoms with Gasteiger partial charge in [0.1, 0.15) is 12.2 Å². The van der Waals surface area contributed by atoms with Crippen LogP contribution in [0.2, 0.25) is 0 Å². The Morgan fingerprint density at radius 2 is 2.29 bits per heavy atom. The van der Waals surface area contributed by atoms with Gasteiger partial charge < -0.3 is 9.88 Å². The maximum absolute atomic E-state index is 11.5. The minimum Gasteiger partial charge on any atom is -0.314 e. The Kier molecular flexibility index (Phi) is 2.67. The Morgan fingerprint density at radius 1 is 1.47 bits per heavy atom. The van der Waals surface area contributed by atoms with Gasteiger partial charge in [0, 0.05) is 25.0 Å². The molecule has 1 aliphatic carbocycles. The van der Waals surface area contributed by atoms with Gasteiger partial charge in [0.25, 0.3) is 0 Å². The van der Waals surface area contributed by atoms with Crippen molar-refractivity contribution in [1.82, 2.24) is 20.1 Å². The van der Waals surface area contributed by atoms with Crippen molar-refractivity contribution in [3.8, 4) is 0 Å². The Labute approximate surface area is 100 Å². The number of nitrogens with zero attached hydrogens (tertiary/aromatic N) is 3. The van der Waals surface area contributed by atoms with E-state index in [-0.39, 0.29) is 17.5 Å². The molecule has 2 aliphatic rings. The van der Waals surface area contributed by atoms with Gasteiger partial charge in [-0.3, -0.25) is 0 Å². The fourth-order valence-electron chi connectivity index (χ4n) is 2.29. The average Bonchev–Trinajstić information content (AvgIpc) is 2.99. The van der Waals surface area contributed by atoms with Gasteiger partial charge >= 0.3 is 0 Å². The molecule has 3 rings (SSSR count). The van der Waals surface area contributed by atoms with Gasteiger partial charge in [-0.15, -0.1) is 10.2 Å². The monoisotopic (exact) mass is 256 g/mol. The SMILES string of the molecule is O=S1(=O)CCNC(Cc2nncn2C2CC2)C1. The fraction of sp³-hybridized carbons (Fsp3) is 0.800. The summed E-state index contributed by atoms with van der Waals surface area (Å²) in [4.78, 5) is 0. The highest BCUT2D eigenvalue weighted by Crippen LogP contribution is 2.35. The zero-order valence-corrected chi connectivity index (χ0v) is 10.4. The molecule has 0 amide bonds. The van der Waals surface area contributed by atoms with E-state index in [9.17, 15) is 8.42 Å². The lowest BCUT2D eigenvalue weighted by Gasteiger charge is -2.23. The van der Waals surface area contributed by atoms with Gasteiger partial charge in [0.2, 0.25) is 0 Å². The highest BCUT2D eigenvalue weighted by Gasteiger charge is 2.29. The summed E-state index contributed by atoms with van der Waals surface area (Å²) in [5, 5.41) is 11.3. The van der Waals surface area contributed by atoms with Crippen LogP contribution in [0.5, 0.6) is 0 Å². The summed E-state index contributed by atoms with van der Waals surface area (Å²) in [6.45, 7) is 0.546. The van der Waals surface area contributed by atoms with Crippen LogP contribution in [0.4, 0.5) is 0 Å². The molecule has 0 radical (unpaired) electrons. The number of rotatable bonds is 3. The maximum Gasteiger partial charge on any atom is 0.153 e. The predicted molar refractivity (Wildman–Crippen MR) is 62.4 cm³/mol. The van der Waals surface area contributed by atoms with E-state index in [0.29, 0.717) is 19.0 Å². The zero-order valence-electron chi connectivity index (χ0n) is 9.54. The Morgan fingerprint density at radius 3 is 3.00 bits per heavy atom. The molecule has 6 nitrogen and oxygen atoms in total. The van der Waals surface area contributed by atoms with Crippen LogP contribution in [0.3, 0.4) is 0 Å². The van der Waals surface area contributed by atoms with Crippen molar-refractivity contribution >= 4 is 9.84 Å². The van der Waals surface area contributed by atoms with Crippen molar-refractivity contribution in [2.24, 2.45) is 0 Å². The lowest BCUT2D eigenvalue weighted by atomic mass is 10.2. The second kappa shape index (κ2) is 4.06. The van der Waals surface area contributed by atoms with Crippen molar-refractivity contribution in [2.45, 2.75) is 31.3 Å². The van der Waals surface area contributed by atoms with Crippen LogP contribution in [-0.4, -0.2) is 47.3 Å². The topological polar surface area (TPSA) is 76.9 Å². The van der Waals surface area contributed by atoms with E-state index in [1.165, 1.54) is 12.8 Å². The van der Waals surface area contributed by atoms with Gasteiger partial charge in [-0.05, 0) is 12.8 Å². The molecule has 2 fully saturated rings. The molecule has 1 saturated heterocycles. The minimum atomic E-state index is -2.87. The van der Waals surface area contributed by atoms with E-state index >= 15 is 0 Å². The molecular formula is C10H16N4O2S. The van der Waals surface area contributed by atoms with Crippen molar-refractivity contribution in [3.05, 3.63) is 12.2 Å². The number of hydrogen-bond acceptors (Lipinski definition) is 5. The third kappa shape index (κ3) is 2.50. The summed E-state index contributed by atoms with van der Waals surface area (Å²) < 4.78 is 25.2. The maximum atomic E-state index is 11.5. The van der Waals surface area contributed by atoms with Gasteiger partial charge in [-0.25, -0.2) is 8.42 Å². The van der Waals surface area contributed by atoms with E-state index in [1.54, 1.807) is 6.33 Å². The standard InChI is InChI=1S/C10H16N4O2S/c15-17(16)4-3-11-8(6-17)5-10-13-12-7-14(10)9-1-2-9/h7-9,11H,1-6H2. The third-order valence-electron chi connectivity index (χ3n) is 3.32. The van der Waals surface area contributed by atoms with Crippen LogP contribution in [0, 0.1) is 0 Å². The first-order valence-corrected chi connectivity index (χ1v) is 7.78. The summed E-state index contributed by atoms with van der Waals surface area (Å²) in [6, 6.07) is 0.524. The lowest BCUT2D eigenvalue weighted by molar-refractivity contribution is 0.499. The van der Waals surface area contributed by atoms with E-state index in [4.69, 9.17) is 0 Å². The molecule has 1 saturated carbocycles. The van der Waals surface area contributed by atoms with Gasteiger partial charge in [0.15, 0.2) is 9.84 Å². The number of hydrogen-bond donors (Lipinski definition) is 1. The van der Waals surface area contributed by atoms with Crippen LogP contribution in [0.1, 0.15) is 24.7 Å². The normalized spacial score (nSPS) is 28.1. The summed E-state index contributed by atoms with van der Waals surface area (Å²) in [7, 11) is -2.87. The van der Waals surface area contributed by atoms with E-state index in [2.05, 4.69) is 20.1 Å². The Bertz CT molecular complexity index is 506. The van der Waals surface area contributed by atoms with E-state index < -0.39 is 9.84 Å². The summed E-state index contributed by atoms with van der Waals surface area (Å²) in [6.07, 6.45) is 4.77. The van der Waals surface area contributed by atoms with Crippen LogP contribution in [0.15, 0.2) is 6.33 Å². The first kappa shape index (κ1) is 11.2. The second-order valence-electron chi connectivity index (χ2n) is 4.86. The molecule has 17 heavy (non-hydrogen) atoms. The van der Waals surface area contributed by atoms with Crippen molar-refractivity contribution in [1.29, 1.82) is 0 Å². The fourth-order valence-corrected chi connectivity index (χ4v) is 3.73. The molecule has 0 spiro atoms. The van der Waals surface area contributed by atoms with E-state index in [0.717, 1.165) is 5.82 Å². The van der Waals surface area contributed by atoms with E-state index in [1.807, 2.05) is 0 Å². The predicted octanol–water partition coefficient (Wildman–Crippen LogP) is -0.458. The first-order valence-electron chi connectivity index (χ1n) is 5.96. The molecule has 1 unspecified atom stereocenters. The molecule has 1 aromatic heterocycles. The molecule has 1 N–H and O–H groups in total. The summed E-state index contributed by atoms with van der Waals surface area (Å²) in [5.74, 6) is 1.37. The highest BCUT2D eigenvalue weighted by atomic mass is 32.2. The van der Waals surface area contributed by atoms with Crippen LogP contribution in [0.25, 0.3) is 0 Å².